The third-order valence-electron chi connectivity index (χ3n) is 3.12. The Bertz CT molecular complexity index is 457. The van der Waals surface area contributed by atoms with Gasteiger partial charge in [-0.05, 0) is 17.7 Å². The Morgan fingerprint density at radius 1 is 1.41 bits per heavy atom. The van der Waals surface area contributed by atoms with Gasteiger partial charge in [0.1, 0.15) is 5.82 Å². The van der Waals surface area contributed by atoms with Crippen molar-refractivity contribution in [3.63, 3.8) is 0 Å². The third kappa shape index (κ3) is 2.00. The largest absolute Gasteiger partial charge is 0.481 e. The lowest BCUT2D eigenvalue weighted by Gasteiger charge is -2.23. The molecule has 0 unspecified atom stereocenters. The molecule has 17 heavy (non-hydrogen) atoms. The van der Waals surface area contributed by atoms with Crippen LogP contribution < -0.4 is 0 Å². The lowest BCUT2D eigenvalue weighted by Crippen LogP contribution is -2.26. The van der Waals surface area contributed by atoms with Crippen LogP contribution in [0.5, 0.6) is 0 Å². The van der Waals surface area contributed by atoms with Gasteiger partial charge in [-0.3, -0.25) is 9.59 Å². The standard InChI is InChI=1S/C12H12FNO3/c1-14-10(15)6-9(12(16)17)11(14)7-2-4-8(13)5-3-7/h2-5,9,11H,6H2,1H3,(H,16,17)/t9-,11-/m0/s1. The molecule has 1 aliphatic rings. The zero-order valence-electron chi connectivity index (χ0n) is 9.26. The quantitative estimate of drug-likeness (QED) is 0.846. The van der Waals surface area contributed by atoms with E-state index in [0.29, 0.717) is 5.56 Å². The zero-order valence-corrected chi connectivity index (χ0v) is 9.26. The maximum atomic E-state index is 12.8. The van der Waals surface area contributed by atoms with Gasteiger partial charge in [-0.1, -0.05) is 12.1 Å². The Balaban J connectivity index is 2.37. The van der Waals surface area contributed by atoms with Gasteiger partial charge in [0.05, 0.1) is 12.0 Å². The number of carboxylic acid groups (broad SMARTS) is 1. The molecule has 0 radical (unpaired) electrons. The van der Waals surface area contributed by atoms with Crippen molar-refractivity contribution in [2.24, 2.45) is 5.92 Å². The molecular weight excluding hydrogens is 225 g/mol. The van der Waals surface area contributed by atoms with E-state index in [1.165, 1.54) is 29.2 Å². The summed E-state index contributed by atoms with van der Waals surface area (Å²) in [6.45, 7) is 0. The Hall–Kier alpha value is -1.91. The number of aliphatic carboxylic acids is 1. The first-order chi connectivity index (χ1) is 8.00. The van der Waals surface area contributed by atoms with Gasteiger partial charge in [-0.15, -0.1) is 0 Å². The summed E-state index contributed by atoms with van der Waals surface area (Å²) < 4.78 is 12.8. The number of halogens is 1. The van der Waals surface area contributed by atoms with Crippen LogP contribution in [0, 0.1) is 11.7 Å². The fourth-order valence-corrected chi connectivity index (χ4v) is 2.21. The summed E-state index contributed by atoms with van der Waals surface area (Å²) in [5, 5.41) is 9.08. The Morgan fingerprint density at radius 2 is 2.00 bits per heavy atom. The van der Waals surface area contributed by atoms with Crippen LogP contribution in [0.4, 0.5) is 4.39 Å². The number of rotatable bonds is 2. The molecule has 90 valence electrons. The van der Waals surface area contributed by atoms with Gasteiger partial charge in [0, 0.05) is 13.5 Å². The van der Waals surface area contributed by atoms with Gasteiger partial charge in [0.2, 0.25) is 5.91 Å². The second-order valence-corrected chi connectivity index (χ2v) is 4.15. The van der Waals surface area contributed by atoms with E-state index in [1.54, 1.807) is 7.05 Å². The SMILES string of the molecule is CN1C(=O)C[C@H](C(=O)O)[C@@H]1c1ccc(F)cc1. The van der Waals surface area contributed by atoms with Crippen LogP contribution in [-0.2, 0) is 9.59 Å². The predicted octanol–water partition coefficient (Wildman–Crippen LogP) is 1.43. The summed E-state index contributed by atoms with van der Waals surface area (Å²) >= 11 is 0. The van der Waals surface area contributed by atoms with E-state index in [0.717, 1.165) is 0 Å². The number of hydrogen-bond donors (Lipinski definition) is 1. The second-order valence-electron chi connectivity index (χ2n) is 4.15. The summed E-state index contributed by atoms with van der Waals surface area (Å²) in [4.78, 5) is 24.0. The molecule has 5 heteroatoms. The highest BCUT2D eigenvalue weighted by molar-refractivity contribution is 5.87. The summed E-state index contributed by atoms with van der Waals surface area (Å²) in [6, 6.07) is 5.06. The van der Waals surface area contributed by atoms with E-state index < -0.39 is 17.9 Å². The van der Waals surface area contributed by atoms with Gasteiger partial charge in [-0.2, -0.15) is 0 Å². The van der Waals surface area contributed by atoms with Crippen molar-refractivity contribution in [1.82, 2.24) is 4.90 Å². The van der Waals surface area contributed by atoms with Crippen LogP contribution in [0.2, 0.25) is 0 Å². The summed E-state index contributed by atoms with van der Waals surface area (Å²) in [7, 11) is 1.57. The van der Waals surface area contributed by atoms with Crippen molar-refractivity contribution in [1.29, 1.82) is 0 Å². The first kappa shape index (κ1) is 11.6. The third-order valence-corrected chi connectivity index (χ3v) is 3.12. The minimum absolute atomic E-state index is 0.00607. The Morgan fingerprint density at radius 3 is 2.53 bits per heavy atom. The monoisotopic (exact) mass is 237 g/mol. The van der Waals surface area contributed by atoms with Crippen LogP contribution >= 0.6 is 0 Å². The van der Waals surface area contributed by atoms with Gasteiger partial charge >= 0.3 is 5.97 Å². The van der Waals surface area contributed by atoms with Crippen molar-refractivity contribution in [2.75, 3.05) is 7.05 Å². The average Bonchev–Trinajstić information content (AvgIpc) is 2.57. The number of likely N-dealkylation sites (tertiary alicyclic amines) is 1. The molecule has 2 rings (SSSR count). The molecule has 1 aromatic carbocycles. The van der Waals surface area contributed by atoms with Crippen molar-refractivity contribution >= 4 is 11.9 Å². The second kappa shape index (κ2) is 4.16. The minimum Gasteiger partial charge on any atom is -0.481 e. The van der Waals surface area contributed by atoms with Gasteiger partial charge < -0.3 is 10.0 Å². The molecule has 0 aromatic heterocycles. The van der Waals surface area contributed by atoms with Crippen molar-refractivity contribution in [2.45, 2.75) is 12.5 Å². The van der Waals surface area contributed by atoms with Gasteiger partial charge in [0.15, 0.2) is 0 Å². The van der Waals surface area contributed by atoms with Crippen LogP contribution in [0.3, 0.4) is 0 Å². The number of carbonyl (C=O) groups is 2. The zero-order chi connectivity index (χ0) is 12.6. The molecule has 2 atom stereocenters. The Kier molecular flexibility index (Phi) is 2.83. The number of hydrogen-bond acceptors (Lipinski definition) is 2. The summed E-state index contributed by atoms with van der Waals surface area (Å²) in [5.41, 5.74) is 0.646. The van der Waals surface area contributed by atoms with E-state index in [4.69, 9.17) is 5.11 Å². The maximum absolute atomic E-state index is 12.8. The molecule has 1 N–H and O–H groups in total. The van der Waals surface area contributed by atoms with Crippen LogP contribution in [0.1, 0.15) is 18.0 Å². The highest BCUT2D eigenvalue weighted by Gasteiger charge is 2.42. The smallest absolute Gasteiger partial charge is 0.309 e. The lowest BCUT2D eigenvalue weighted by atomic mass is 9.94. The number of carboxylic acids is 1. The van der Waals surface area contributed by atoms with Crippen molar-refractivity contribution < 1.29 is 19.1 Å². The molecule has 1 fully saturated rings. The van der Waals surface area contributed by atoms with Crippen molar-refractivity contribution in [3.8, 4) is 0 Å². The van der Waals surface area contributed by atoms with E-state index in [9.17, 15) is 14.0 Å². The number of carbonyl (C=O) groups excluding carboxylic acids is 1. The molecule has 0 bridgehead atoms. The molecule has 4 nitrogen and oxygen atoms in total. The van der Waals surface area contributed by atoms with E-state index in [-0.39, 0.29) is 18.1 Å². The molecule has 0 spiro atoms. The molecule has 0 aliphatic carbocycles. The first-order valence-corrected chi connectivity index (χ1v) is 5.24. The molecule has 1 heterocycles. The fraction of sp³-hybridized carbons (Fsp3) is 0.333. The Labute approximate surface area is 97.7 Å². The normalized spacial score (nSPS) is 24.1. The molecule has 1 aliphatic heterocycles. The van der Waals surface area contributed by atoms with Crippen LogP contribution in [0.25, 0.3) is 0 Å². The highest BCUT2D eigenvalue weighted by Crippen LogP contribution is 2.36. The van der Waals surface area contributed by atoms with Crippen LogP contribution in [-0.4, -0.2) is 28.9 Å². The predicted molar refractivity (Wildman–Crippen MR) is 57.7 cm³/mol. The van der Waals surface area contributed by atoms with Crippen LogP contribution in [0.15, 0.2) is 24.3 Å². The number of benzene rings is 1. The molecule has 1 aromatic rings. The van der Waals surface area contributed by atoms with Gasteiger partial charge in [0.25, 0.3) is 0 Å². The van der Waals surface area contributed by atoms with E-state index >= 15 is 0 Å². The van der Waals surface area contributed by atoms with Gasteiger partial charge in [-0.25, -0.2) is 4.39 Å². The maximum Gasteiger partial charge on any atom is 0.309 e. The topological polar surface area (TPSA) is 57.6 Å². The summed E-state index contributed by atoms with van der Waals surface area (Å²) in [6.07, 6.45) is -0.00607. The van der Waals surface area contributed by atoms with E-state index in [2.05, 4.69) is 0 Å². The first-order valence-electron chi connectivity index (χ1n) is 5.24. The summed E-state index contributed by atoms with van der Waals surface area (Å²) in [5.74, 6) is -2.35. The fourth-order valence-electron chi connectivity index (χ4n) is 2.21. The van der Waals surface area contributed by atoms with E-state index in [1.807, 2.05) is 0 Å². The molecular formula is C12H12FNO3. The number of nitrogens with zero attached hydrogens (tertiary/aromatic N) is 1. The number of amides is 1. The lowest BCUT2D eigenvalue weighted by molar-refractivity contribution is -0.142. The van der Waals surface area contributed by atoms with Crippen molar-refractivity contribution in [3.05, 3.63) is 35.6 Å². The average molecular weight is 237 g/mol. The molecule has 1 saturated heterocycles. The minimum atomic E-state index is -1.00. The molecule has 0 saturated carbocycles. The highest BCUT2D eigenvalue weighted by atomic mass is 19.1. The molecule has 1 amide bonds.